The highest BCUT2D eigenvalue weighted by molar-refractivity contribution is 5.47. The first-order valence-corrected chi connectivity index (χ1v) is 10.4. The van der Waals surface area contributed by atoms with E-state index in [1.54, 1.807) is 0 Å². The second-order valence-electron chi connectivity index (χ2n) is 7.71. The molecule has 0 N–H and O–H groups in total. The highest BCUT2D eigenvalue weighted by Crippen LogP contribution is 2.43. The molecule has 0 spiro atoms. The molecule has 0 aliphatic heterocycles. The third-order valence-corrected chi connectivity index (χ3v) is 5.96. The minimum Gasteiger partial charge on any atom is -0.371 e. The second-order valence-corrected chi connectivity index (χ2v) is 7.71. The van der Waals surface area contributed by atoms with Crippen LogP contribution in [0.25, 0.3) is 0 Å². The third-order valence-electron chi connectivity index (χ3n) is 5.96. The predicted molar refractivity (Wildman–Crippen MR) is 110 cm³/mol. The van der Waals surface area contributed by atoms with Gasteiger partial charge in [-0.2, -0.15) is 0 Å². The van der Waals surface area contributed by atoms with Gasteiger partial charge in [-0.15, -0.1) is 0 Å². The van der Waals surface area contributed by atoms with Crippen LogP contribution in [0.5, 0.6) is 0 Å². The van der Waals surface area contributed by atoms with Crippen molar-refractivity contribution in [2.24, 2.45) is 11.8 Å². The molecule has 3 rings (SSSR count). The Bertz CT molecular complexity index is 680. The molecule has 2 aliphatic rings. The lowest BCUT2D eigenvalue weighted by Gasteiger charge is -2.42. The fourth-order valence-corrected chi connectivity index (χ4v) is 4.54. The zero-order valence-corrected chi connectivity index (χ0v) is 16.3. The van der Waals surface area contributed by atoms with Crippen LogP contribution in [0, 0.1) is 23.7 Å². The van der Waals surface area contributed by atoms with Crippen LogP contribution in [-0.2, 0) is 4.74 Å². The first-order chi connectivity index (χ1) is 12.8. The molecule has 2 aliphatic carbocycles. The highest BCUT2D eigenvalue weighted by atomic mass is 16.5. The van der Waals surface area contributed by atoms with E-state index in [0.717, 1.165) is 30.1 Å². The summed E-state index contributed by atoms with van der Waals surface area (Å²) >= 11 is 0. The minimum atomic E-state index is -0.107. The average Bonchev–Trinajstić information content (AvgIpc) is 2.69. The summed E-state index contributed by atoms with van der Waals surface area (Å²) in [5, 5.41) is 0. The van der Waals surface area contributed by atoms with Crippen molar-refractivity contribution in [3.8, 4) is 11.8 Å². The lowest BCUT2D eigenvalue weighted by Crippen LogP contribution is -2.41. The first-order valence-electron chi connectivity index (χ1n) is 10.4. The largest absolute Gasteiger partial charge is 0.371 e. The minimum absolute atomic E-state index is 0.107. The van der Waals surface area contributed by atoms with E-state index in [1.807, 2.05) is 18.2 Å². The lowest BCUT2D eigenvalue weighted by atomic mass is 9.70. The van der Waals surface area contributed by atoms with Gasteiger partial charge in [0.05, 0.1) is 5.60 Å². The molecular weight excluding hydrogens is 316 g/mol. The molecule has 26 heavy (non-hydrogen) atoms. The lowest BCUT2D eigenvalue weighted by molar-refractivity contribution is -0.0584. The Morgan fingerprint density at radius 1 is 1.04 bits per heavy atom. The fraction of sp³-hybridized carbons (Fsp3) is 0.520. The van der Waals surface area contributed by atoms with Gasteiger partial charge in [0.25, 0.3) is 0 Å². The van der Waals surface area contributed by atoms with Crippen LogP contribution in [0.4, 0.5) is 0 Å². The number of allylic oxidation sites excluding steroid dienone is 2. The van der Waals surface area contributed by atoms with Crippen molar-refractivity contribution in [1.82, 2.24) is 0 Å². The van der Waals surface area contributed by atoms with Crippen molar-refractivity contribution in [3.63, 3.8) is 0 Å². The summed E-state index contributed by atoms with van der Waals surface area (Å²) < 4.78 is 6.34. The van der Waals surface area contributed by atoms with Gasteiger partial charge >= 0.3 is 0 Å². The summed E-state index contributed by atoms with van der Waals surface area (Å²) in [6, 6.07) is 10.2. The van der Waals surface area contributed by atoms with E-state index < -0.39 is 0 Å². The van der Waals surface area contributed by atoms with Crippen LogP contribution in [0.2, 0.25) is 0 Å². The van der Waals surface area contributed by atoms with Gasteiger partial charge in [0.2, 0.25) is 0 Å². The van der Waals surface area contributed by atoms with Crippen LogP contribution in [0.1, 0.15) is 64.4 Å². The molecule has 138 valence electrons. The van der Waals surface area contributed by atoms with Gasteiger partial charge in [-0.05, 0) is 56.2 Å². The van der Waals surface area contributed by atoms with E-state index in [2.05, 4.69) is 56.0 Å². The Hall–Kier alpha value is -1.78. The molecule has 0 heterocycles. The summed E-state index contributed by atoms with van der Waals surface area (Å²) in [6.45, 7) is 5.20. The van der Waals surface area contributed by atoms with Crippen LogP contribution >= 0.6 is 0 Å². The van der Waals surface area contributed by atoms with Gasteiger partial charge in [-0.3, -0.25) is 0 Å². The molecule has 1 aromatic rings. The monoisotopic (exact) mass is 348 g/mol. The smallest absolute Gasteiger partial charge is 0.0928 e. The molecule has 0 bridgehead atoms. The summed E-state index contributed by atoms with van der Waals surface area (Å²) in [5.74, 6) is 8.16. The molecular formula is C25H32O. The Balaban J connectivity index is 1.66. The van der Waals surface area contributed by atoms with Crippen LogP contribution in [0.15, 0.2) is 54.1 Å². The highest BCUT2D eigenvalue weighted by Gasteiger charge is 2.39. The van der Waals surface area contributed by atoms with E-state index in [-0.39, 0.29) is 5.60 Å². The molecule has 1 nitrogen and oxygen atoms in total. The average molecular weight is 349 g/mol. The molecule has 1 atom stereocenters. The third kappa shape index (κ3) is 4.68. The van der Waals surface area contributed by atoms with E-state index in [1.165, 1.54) is 38.5 Å². The summed E-state index contributed by atoms with van der Waals surface area (Å²) in [5.41, 5.74) is 2.07. The van der Waals surface area contributed by atoms with Crippen LogP contribution < -0.4 is 0 Å². The van der Waals surface area contributed by atoms with Crippen molar-refractivity contribution < 1.29 is 4.74 Å². The van der Waals surface area contributed by atoms with Gasteiger partial charge in [0, 0.05) is 17.7 Å². The van der Waals surface area contributed by atoms with Crippen molar-refractivity contribution in [3.05, 3.63) is 59.7 Å². The zero-order valence-electron chi connectivity index (χ0n) is 16.3. The van der Waals surface area contributed by atoms with Gasteiger partial charge in [-0.25, -0.2) is 0 Å². The Kier molecular flexibility index (Phi) is 6.75. The standard InChI is InChI=1S/C25H32O/c1-3-8-21-13-15-24(16-14-21)25(26-4-2)19-17-23(18-20-25)12-11-22-9-6-5-7-10-22/h5-7,9-10,17-19,21,24H,3-4,8,13-16,20H2,1-2H3/t21-,24-,25?. The topological polar surface area (TPSA) is 9.23 Å². The fourth-order valence-electron chi connectivity index (χ4n) is 4.54. The van der Waals surface area contributed by atoms with E-state index >= 15 is 0 Å². The maximum Gasteiger partial charge on any atom is 0.0928 e. The molecule has 0 aromatic heterocycles. The molecule has 1 aromatic carbocycles. The zero-order chi connectivity index (χ0) is 18.2. The number of benzene rings is 1. The predicted octanol–water partition coefficient (Wildman–Crippen LogP) is 6.31. The van der Waals surface area contributed by atoms with E-state index in [9.17, 15) is 0 Å². The number of hydrogen-bond donors (Lipinski definition) is 0. The maximum absolute atomic E-state index is 6.34. The molecule has 1 fully saturated rings. The second kappa shape index (κ2) is 9.24. The van der Waals surface area contributed by atoms with Crippen molar-refractivity contribution in [2.75, 3.05) is 6.61 Å². The van der Waals surface area contributed by atoms with Gasteiger partial charge in [0.1, 0.15) is 0 Å². The summed E-state index contributed by atoms with van der Waals surface area (Å²) in [6.07, 6.45) is 15.8. The van der Waals surface area contributed by atoms with Gasteiger partial charge in [-0.1, -0.05) is 74.8 Å². The quantitative estimate of drug-likeness (QED) is 0.567. The first kappa shape index (κ1) is 19.0. The summed E-state index contributed by atoms with van der Waals surface area (Å²) in [7, 11) is 0. The van der Waals surface area contributed by atoms with Crippen molar-refractivity contribution in [1.29, 1.82) is 0 Å². The summed E-state index contributed by atoms with van der Waals surface area (Å²) in [4.78, 5) is 0. The number of ether oxygens (including phenoxy) is 1. The molecule has 0 saturated heterocycles. The number of hydrogen-bond acceptors (Lipinski definition) is 1. The van der Waals surface area contributed by atoms with E-state index in [0.29, 0.717) is 5.92 Å². The Morgan fingerprint density at radius 2 is 1.81 bits per heavy atom. The van der Waals surface area contributed by atoms with Gasteiger partial charge < -0.3 is 4.74 Å². The molecule has 1 saturated carbocycles. The van der Waals surface area contributed by atoms with Crippen molar-refractivity contribution >= 4 is 0 Å². The van der Waals surface area contributed by atoms with Crippen molar-refractivity contribution in [2.45, 2.75) is 64.4 Å². The molecule has 0 radical (unpaired) electrons. The molecule has 0 amide bonds. The van der Waals surface area contributed by atoms with Crippen LogP contribution in [0.3, 0.4) is 0 Å². The molecule has 1 heteroatoms. The van der Waals surface area contributed by atoms with Gasteiger partial charge in [0.15, 0.2) is 0 Å². The molecule has 1 unspecified atom stereocenters. The number of rotatable bonds is 5. The van der Waals surface area contributed by atoms with E-state index in [4.69, 9.17) is 4.74 Å². The van der Waals surface area contributed by atoms with Crippen LogP contribution in [-0.4, -0.2) is 12.2 Å². The Morgan fingerprint density at radius 3 is 2.42 bits per heavy atom. The Labute approximate surface area is 159 Å². The SMILES string of the molecule is CCC[C@H]1CC[C@H](C2(OCC)C=CC(C#Cc3ccccc3)=CC2)CC1. The normalized spacial score (nSPS) is 28.2. The maximum atomic E-state index is 6.34.